The van der Waals surface area contributed by atoms with Crippen LogP contribution in [0.5, 0.6) is 0 Å². The predicted molar refractivity (Wildman–Crippen MR) is 106 cm³/mol. The van der Waals surface area contributed by atoms with Crippen LogP contribution < -0.4 is 16.2 Å². The molecule has 2 aliphatic rings. The van der Waals surface area contributed by atoms with Crippen LogP contribution in [0.25, 0.3) is 11.3 Å². The minimum Gasteiger partial charge on any atom is -0.326 e. The third-order valence-corrected chi connectivity index (χ3v) is 5.60. The molecular weight excluding hydrogens is 340 g/mol. The van der Waals surface area contributed by atoms with E-state index < -0.39 is 0 Å². The van der Waals surface area contributed by atoms with E-state index >= 15 is 0 Å². The Balaban J connectivity index is 1.39. The minimum atomic E-state index is -0.114. The van der Waals surface area contributed by atoms with Gasteiger partial charge in [0.1, 0.15) is 5.82 Å². The number of nitrogens with zero attached hydrogens (tertiary/aromatic N) is 3. The van der Waals surface area contributed by atoms with Crippen molar-refractivity contribution in [2.45, 2.75) is 38.3 Å². The first-order valence-electron chi connectivity index (χ1n) is 9.65. The van der Waals surface area contributed by atoms with Crippen LogP contribution in [-0.2, 0) is 7.05 Å². The number of hydrazine groups is 1. The summed E-state index contributed by atoms with van der Waals surface area (Å²) in [5, 5.41) is 7.62. The number of carbonyl (C=O) groups is 1. The van der Waals surface area contributed by atoms with E-state index in [-0.39, 0.29) is 6.03 Å². The number of urea groups is 1. The predicted octanol–water partition coefficient (Wildman–Crippen LogP) is 2.50. The topological polar surface area (TPSA) is 74.2 Å². The van der Waals surface area contributed by atoms with Crippen LogP contribution in [0, 0.1) is 12.8 Å². The maximum Gasteiger partial charge on any atom is 0.322 e. The van der Waals surface area contributed by atoms with Crippen molar-refractivity contribution in [3.05, 3.63) is 35.9 Å². The third-order valence-electron chi connectivity index (χ3n) is 5.60. The highest BCUT2D eigenvalue weighted by atomic mass is 16.2. The van der Waals surface area contributed by atoms with Gasteiger partial charge in [-0.3, -0.25) is 20.9 Å². The van der Waals surface area contributed by atoms with Gasteiger partial charge in [0.15, 0.2) is 0 Å². The molecule has 0 spiro atoms. The minimum absolute atomic E-state index is 0.114. The van der Waals surface area contributed by atoms with E-state index in [1.165, 1.54) is 12.8 Å². The molecule has 144 valence electrons. The zero-order chi connectivity index (χ0) is 19.0. The highest BCUT2D eigenvalue weighted by Crippen LogP contribution is 2.35. The zero-order valence-corrected chi connectivity index (χ0v) is 16.2. The molecule has 2 atom stereocenters. The lowest BCUT2D eigenvalue weighted by atomic mass is 10.1. The molecule has 1 aliphatic heterocycles. The largest absolute Gasteiger partial charge is 0.326 e. The lowest BCUT2D eigenvalue weighted by Gasteiger charge is -2.21. The summed E-state index contributed by atoms with van der Waals surface area (Å²) in [5.74, 6) is 1.55. The quantitative estimate of drug-likeness (QED) is 0.758. The summed E-state index contributed by atoms with van der Waals surface area (Å²) in [7, 11) is 3.70. The third kappa shape index (κ3) is 3.84. The number of aryl methyl sites for hydroxylation is 1. The second kappa shape index (κ2) is 7.32. The molecule has 4 rings (SSSR count). The first-order chi connectivity index (χ1) is 13.0. The lowest BCUT2D eigenvalue weighted by molar-refractivity contribution is 0.217. The van der Waals surface area contributed by atoms with Gasteiger partial charge in [-0.25, -0.2) is 4.79 Å². The van der Waals surface area contributed by atoms with Gasteiger partial charge in [-0.05, 0) is 32.1 Å². The highest BCUT2D eigenvalue weighted by Gasteiger charge is 2.37. The Labute approximate surface area is 160 Å². The van der Waals surface area contributed by atoms with E-state index in [0.29, 0.717) is 18.6 Å². The molecule has 2 heterocycles. The number of likely N-dealkylation sites (N-methyl/N-ethyl adjacent to an activating group) is 1. The Bertz CT molecular complexity index is 813. The maximum atomic E-state index is 12.7. The summed E-state index contributed by atoms with van der Waals surface area (Å²) in [5.41, 5.74) is 9.63. The molecule has 7 heteroatoms. The summed E-state index contributed by atoms with van der Waals surface area (Å²) in [6, 6.07) is 10.8. The van der Waals surface area contributed by atoms with Crippen LogP contribution in [0.2, 0.25) is 0 Å². The molecule has 1 aliphatic carbocycles. The van der Waals surface area contributed by atoms with Crippen LogP contribution in [0.3, 0.4) is 0 Å². The first kappa shape index (κ1) is 18.0. The summed E-state index contributed by atoms with van der Waals surface area (Å²) in [6.45, 7) is 2.66. The Hall–Kier alpha value is -2.38. The number of amides is 2. The number of hydrogen-bond acceptors (Lipinski definition) is 4. The monoisotopic (exact) mass is 368 g/mol. The summed E-state index contributed by atoms with van der Waals surface area (Å²) < 4.78 is 1.74. The number of rotatable bonds is 5. The lowest BCUT2D eigenvalue weighted by Crippen LogP contribution is -2.43. The standard InChI is InChI=1S/C20H28N6O/c1-13-18(15-7-5-4-6-8-15)24-26(3)19(13)21-20(27)25(2)12-16-11-17(23-22-16)14-9-10-14/h4-8,14,16-17,22-23H,9-12H2,1-3H3,(H,21,27). The Kier molecular flexibility index (Phi) is 4.88. The molecule has 1 aromatic heterocycles. The van der Waals surface area contributed by atoms with Crippen LogP contribution in [0.4, 0.5) is 10.6 Å². The fourth-order valence-electron chi connectivity index (χ4n) is 3.86. The van der Waals surface area contributed by atoms with Crippen LogP contribution in [-0.4, -0.2) is 46.4 Å². The summed E-state index contributed by atoms with van der Waals surface area (Å²) in [4.78, 5) is 14.4. The molecular formula is C20H28N6O. The summed E-state index contributed by atoms with van der Waals surface area (Å²) >= 11 is 0. The van der Waals surface area contributed by atoms with Crippen LogP contribution >= 0.6 is 0 Å². The van der Waals surface area contributed by atoms with E-state index in [1.807, 2.05) is 51.4 Å². The van der Waals surface area contributed by atoms with Gasteiger partial charge in [0.2, 0.25) is 0 Å². The van der Waals surface area contributed by atoms with E-state index in [2.05, 4.69) is 21.3 Å². The molecule has 0 bridgehead atoms. The smallest absolute Gasteiger partial charge is 0.322 e. The van der Waals surface area contributed by atoms with E-state index in [0.717, 1.165) is 35.0 Å². The fourth-order valence-corrected chi connectivity index (χ4v) is 3.86. The number of hydrogen-bond donors (Lipinski definition) is 3. The molecule has 1 saturated heterocycles. The van der Waals surface area contributed by atoms with Crippen molar-refractivity contribution in [3.63, 3.8) is 0 Å². The van der Waals surface area contributed by atoms with E-state index in [1.54, 1.807) is 9.58 Å². The van der Waals surface area contributed by atoms with Crippen molar-refractivity contribution in [1.29, 1.82) is 0 Å². The molecule has 27 heavy (non-hydrogen) atoms. The van der Waals surface area contributed by atoms with Crippen molar-refractivity contribution in [1.82, 2.24) is 25.5 Å². The van der Waals surface area contributed by atoms with Crippen LogP contribution in [0.15, 0.2) is 30.3 Å². The van der Waals surface area contributed by atoms with Gasteiger partial charge in [0.05, 0.1) is 5.69 Å². The molecule has 2 aromatic rings. The highest BCUT2D eigenvalue weighted by molar-refractivity contribution is 5.90. The Morgan fingerprint density at radius 3 is 2.74 bits per heavy atom. The Morgan fingerprint density at radius 1 is 1.30 bits per heavy atom. The first-order valence-corrected chi connectivity index (χ1v) is 9.65. The normalized spacial score (nSPS) is 22.0. The second-order valence-corrected chi connectivity index (χ2v) is 7.79. The second-order valence-electron chi connectivity index (χ2n) is 7.79. The van der Waals surface area contributed by atoms with Crippen molar-refractivity contribution >= 4 is 11.8 Å². The van der Waals surface area contributed by atoms with Gasteiger partial charge >= 0.3 is 6.03 Å². The number of anilines is 1. The number of benzene rings is 1. The molecule has 2 fully saturated rings. The van der Waals surface area contributed by atoms with Gasteiger partial charge in [0, 0.05) is 43.9 Å². The average molecular weight is 368 g/mol. The zero-order valence-electron chi connectivity index (χ0n) is 16.2. The molecule has 2 amide bonds. The van der Waals surface area contributed by atoms with Crippen molar-refractivity contribution in [3.8, 4) is 11.3 Å². The average Bonchev–Trinajstić information content (AvgIpc) is 3.36. The van der Waals surface area contributed by atoms with Crippen molar-refractivity contribution < 1.29 is 4.79 Å². The van der Waals surface area contributed by atoms with E-state index in [4.69, 9.17) is 0 Å². The van der Waals surface area contributed by atoms with Gasteiger partial charge < -0.3 is 4.90 Å². The summed E-state index contributed by atoms with van der Waals surface area (Å²) in [6.07, 6.45) is 3.73. The molecule has 2 unspecified atom stereocenters. The molecule has 0 radical (unpaired) electrons. The van der Waals surface area contributed by atoms with Gasteiger partial charge in [-0.2, -0.15) is 5.10 Å². The Morgan fingerprint density at radius 2 is 2.04 bits per heavy atom. The molecule has 1 aromatic carbocycles. The number of carbonyl (C=O) groups excluding carboxylic acids is 1. The van der Waals surface area contributed by atoms with Gasteiger partial charge in [-0.15, -0.1) is 0 Å². The van der Waals surface area contributed by atoms with Crippen LogP contribution in [0.1, 0.15) is 24.8 Å². The molecule has 1 saturated carbocycles. The molecule has 3 N–H and O–H groups in total. The number of nitrogens with one attached hydrogen (secondary N) is 3. The van der Waals surface area contributed by atoms with Crippen molar-refractivity contribution in [2.75, 3.05) is 18.9 Å². The molecule has 7 nitrogen and oxygen atoms in total. The number of aromatic nitrogens is 2. The SMILES string of the molecule is Cc1c(-c2ccccc2)nn(C)c1NC(=O)N(C)CC1CC(C2CC2)NN1. The fraction of sp³-hybridized carbons (Fsp3) is 0.500. The van der Waals surface area contributed by atoms with Gasteiger partial charge in [0.25, 0.3) is 0 Å². The van der Waals surface area contributed by atoms with Crippen molar-refractivity contribution in [2.24, 2.45) is 13.0 Å². The van der Waals surface area contributed by atoms with Gasteiger partial charge in [-0.1, -0.05) is 30.3 Å². The van der Waals surface area contributed by atoms with E-state index in [9.17, 15) is 4.79 Å². The maximum absolute atomic E-state index is 12.7.